The van der Waals surface area contributed by atoms with E-state index in [2.05, 4.69) is 16.5 Å². The normalized spacial score (nSPS) is 19.4. The van der Waals surface area contributed by atoms with Crippen molar-refractivity contribution >= 4 is 0 Å². The zero-order valence-corrected chi connectivity index (χ0v) is 15.4. The molecule has 2 heterocycles. The Morgan fingerprint density at radius 3 is 2.62 bits per heavy atom. The molecule has 4 rings (SSSR count). The van der Waals surface area contributed by atoms with Crippen molar-refractivity contribution in [2.45, 2.75) is 24.9 Å². The smallest absolute Gasteiger partial charge is 0.416 e. The Kier molecular flexibility index (Phi) is 5.18. The Labute approximate surface area is 165 Å². The molecule has 0 bridgehead atoms. The topological polar surface area (TPSA) is 64.1 Å². The summed E-state index contributed by atoms with van der Waals surface area (Å²) in [6, 6.07) is 14.4. The van der Waals surface area contributed by atoms with Gasteiger partial charge in [-0.15, -0.1) is 5.69 Å². The molecule has 1 aliphatic rings. The van der Waals surface area contributed by atoms with Gasteiger partial charge >= 0.3 is 6.18 Å². The first-order valence-corrected chi connectivity index (χ1v) is 9.15. The van der Waals surface area contributed by atoms with Crippen LogP contribution >= 0.6 is 0 Å². The number of nitrogens with zero attached hydrogens (tertiary/aromatic N) is 3. The fourth-order valence-electron chi connectivity index (χ4n) is 3.37. The molecule has 0 saturated carbocycles. The Balaban J connectivity index is 1.38. The predicted octanol–water partition coefficient (Wildman–Crippen LogP) is 3.73. The molecule has 0 spiro atoms. The number of halogens is 3. The van der Waals surface area contributed by atoms with Gasteiger partial charge in [-0.2, -0.15) is 18.4 Å². The number of aromatic nitrogens is 2. The maximum absolute atomic E-state index is 12.7. The van der Waals surface area contributed by atoms with Crippen LogP contribution in [0.5, 0.6) is 0 Å². The summed E-state index contributed by atoms with van der Waals surface area (Å²) in [7, 11) is 0. The maximum atomic E-state index is 12.7. The van der Waals surface area contributed by atoms with Crippen LogP contribution in [0.1, 0.15) is 22.7 Å². The zero-order chi connectivity index (χ0) is 20.4. The van der Waals surface area contributed by atoms with Crippen molar-refractivity contribution in [2.75, 3.05) is 13.1 Å². The number of rotatable bonds is 5. The van der Waals surface area contributed by atoms with Gasteiger partial charge in [-0.05, 0) is 41.6 Å². The van der Waals surface area contributed by atoms with Crippen molar-refractivity contribution in [3.05, 3.63) is 71.4 Å². The summed E-state index contributed by atoms with van der Waals surface area (Å²) in [5, 5.41) is 16.8. The van der Waals surface area contributed by atoms with E-state index in [1.54, 1.807) is 12.1 Å². The third kappa shape index (κ3) is 4.21. The Morgan fingerprint density at radius 2 is 1.93 bits per heavy atom. The SMILES string of the molecule is N#Cc1cccc(-c2cn([C@@H]3CNCC3OCc3ccc(C(F)(F)F)cc3)[n-]2)c1. The number of nitriles is 1. The van der Waals surface area contributed by atoms with Crippen molar-refractivity contribution in [1.82, 2.24) is 15.1 Å². The van der Waals surface area contributed by atoms with E-state index < -0.39 is 11.7 Å². The average Bonchev–Trinajstić information content (AvgIpc) is 3.13. The second-order valence-electron chi connectivity index (χ2n) is 6.96. The van der Waals surface area contributed by atoms with Gasteiger partial charge < -0.3 is 19.8 Å². The summed E-state index contributed by atoms with van der Waals surface area (Å²) in [5.74, 6) is 0. The molecule has 1 N–H and O–H groups in total. The lowest BCUT2D eigenvalue weighted by atomic mass is 10.1. The minimum absolute atomic E-state index is 0.00680. The van der Waals surface area contributed by atoms with Crippen molar-refractivity contribution in [3.63, 3.8) is 0 Å². The molecule has 150 valence electrons. The molecule has 29 heavy (non-hydrogen) atoms. The average molecular weight is 399 g/mol. The molecule has 0 radical (unpaired) electrons. The first-order chi connectivity index (χ1) is 13.9. The van der Waals surface area contributed by atoms with Gasteiger partial charge in [0.1, 0.15) is 0 Å². The molecule has 2 atom stereocenters. The van der Waals surface area contributed by atoms with Crippen LogP contribution in [0.3, 0.4) is 0 Å². The van der Waals surface area contributed by atoms with Gasteiger partial charge in [-0.3, -0.25) is 0 Å². The van der Waals surface area contributed by atoms with Crippen LogP contribution < -0.4 is 10.4 Å². The van der Waals surface area contributed by atoms with E-state index in [4.69, 9.17) is 10.00 Å². The molecule has 1 unspecified atom stereocenters. The zero-order valence-electron chi connectivity index (χ0n) is 15.4. The Bertz CT molecular complexity index is 1000. The van der Waals surface area contributed by atoms with Crippen molar-refractivity contribution in [2.24, 2.45) is 0 Å². The fraction of sp³-hybridized carbons (Fsp3) is 0.286. The quantitative estimate of drug-likeness (QED) is 0.710. The van der Waals surface area contributed by atoms with E-state index in [0.29, 0.717) is 24.2 Å². The van der Waals surface area contributed by atoms with E-state index in [1.165, 1.54) is 12.1 Å². The Hall–Kier alpha value is -3.02. The number of hydrogen-bond donors (Lipinski definition) is 1. The molecule has 8 heteroatoms. The molecular formula is C21H18F3N4O-. The summed E-state index contributed by atoms with van der Waals surface area (Å²) in [4.78, 5) is 0. The summed E-state index contributed by atoms with van der Waals surface area (Å²) >= 11 is 0. The van der Waals surface area contributed by atoms with Gasteiger partial charge in [0.15, 0.2) is 0 Å². The highest BCUT2D eigenvalue weighted by atomic mass is 19.4. The van der Waals surface area contributed by atoms with Crippen LogP contribution in [0.4, 0.5) is 13.2 Å². The van der Waals surface area contributed by atoms with Crippen LogP contribution in [-0.4, -0.2) is 23.9 Å². The minimum atomic E-state index is -4.34. The Morgan fingerprint density at radius 1 is 1.17 bits per heavy atom. The standard InChI is InChI=1S/C21H18F3N4O/c22-21(23,24)17-6-4-14(5-7-17)13-29-20-11-26-10-19(20)28-12-18(27-28)16-3-1-2-15(8-16)9-25/h1-8,12,19-20,26H,10-11,13H2/q-1/t19-,20?/m1/s1. The van der Waals surface area contributed by atoms with E-state index in [9.17, 15) is 13.2 Å². The van der Waals surface area contributed by atoms with Gasteiger partial charge in [0, 0.05) is 13.1 Å². The van der Waals surface area contributed by atoms with Gasteiger partial charge in [-0.1, -0.05) is 24.3 Å². The predicted molar refractivity (Wildman–Crippen MR) is 99.8 cm³/mol. The summed E-state index contributed by atoms with van der Waals surface area (Å²) < 4.78 is 45.8. The maximum Gasteiger partial charge on any atom is 0.416 e. The number of ether oxygens (including phenoxy) is 1. The molecule has 1 saturated heterocycles. The summed E-state index contributed by atoms with van der Waals surface area (Å²) in [6.07, 6.45) is -2.55. The molecule has 1 aromatic heterocycles. The molecule has 0 aliphatic carbocycles. The number of hydrogen-bond acceptors (Lipinski definition) is 3. The monoisotopic (exact) mass is 399 g/mol. The molecule has 1 aliphatic heterocycles. The van der Waals surface area contributed by atoms with Crippen LogP contribution in [0, 0.1) is 11.3 Å². The van der Waals surface area contributed by atoms with Crippen LogP contribution in [0.25, 0.3) is 11.3 Å². The lowest BCUT2D eigenvalue weighted by molar-refractivity contribution is -0.137. The van der Waals surface area contributed by atoms with Crippen molar-refractivity contribution < 1.29 is 17.9 Å². The number of nitrogens with one attached hydrogen (secondary N) is 1. The lowest BCUT2D eigenvalue weighted by Gasteiger charge is -2.36. The molecule has 5 nitrogen and oxygen atoms in total. The lowest BCUT2D eigenvalue weighted by Crippen LogP contribution is -2.30. The second-order valence-corrected chi connectivity index (χ2v) is 6.96. The summed E-state index contributed by atoms with van der Waals surface area (Å²) in [5.41, 5.74) is 2.29. The van der Waals surface area contributed by atoms with E-state index in [-0.39, 0.29) is 18.8 Å². The second kappa shape index (κ2) is 7.78. The molecule has 3 aromatic rings. The van der Waals surface area contributed by atoms with E-state index in [1.807, 2.05) is 23.0 Å². The molecule has 1 fully saturated rings. The molecule has 2 aromatic carbocycles. The van der Waals surface area contributed by atoms with Gasteiger partial charge in [0.25, 0.3) is 0 Å². The van der Waals surface area contributed by atoms with E-state index in [0.717, 1.165) is 23.4 Å². The fourth-order valence-corrected chi connectivity index (χ4v) is 3.37. The van der Waals surface area contributed by atoms with Crippen LogP contribution in [-0.2, 0) is 17.5 Å². The first-order valence-electron chi connectivity index (χ1n) is 9.15. The van der Waals surface area contributed by atoms with Crippen molar-refractivity contribution in [3.8, 4) is 17.3 Å². The van der Waals surface area contributed by atoms with E-state index >= 15 is 0 Å². The van der Waals surface area contributed by atoms with Crippen molar-refractivity contribution in [1.29, 1.82) is 5.26 Å². The number of alkyl halides is 3. The van der Waals surface area contributed by atoms with Crippen LogP contribution in [0.15, 0.2) is 54.7 Å². The van der Waals surface area contributed by atoms with Gasteiger partial charge in [0.05, 0.1) is 35.9 Å². The van der Waals surface area contributed by atoms with Gasteiger partial charge in [-0.25, -0.2) is 0 Å². The highest BCUT2D eigenvalue weighted by molar-refractivity contribution is 5.61. The highest BCUT2D eigenvalue weighted by Crippen LogP contribution is 2.30. The minimum Gasteiger partial charge on any atom is -0.593 e. The molecule has 0 amide bonds. The third-order valence-corrected chi connectivity index (χ3v) is 4.98. The molecular weight excluding hydrogens is 381 g/mol. The van der Waals surface area contributed by atoms with Crippen LogP contribution in [0.2, 0.25) is 0 Å². The summed E-state index contributed by atoms with van der Waals surface area (Å²) in [6.45, 7) is 1.57. The van der Waals surface area contributed by atoms with Gasteiger partial charge in [0.2, 0.25) is 0 Å². The first kappa shape index (κ1) is 19.3. The largest absolute Gasteiger partial charge is 0.593 e. The number of benzene rings is 2. The third-order valence-electron chi connectivity index (χ3n) is 4.98. The highest BCUT2D eigenvalue weighted by Gasteiger charge is 2.30.